The van der Waals surface area contributed by atoms with Crippen molar-refractivity contribution in [1.82, 2.24) is 9.55 Å². The van der Waals surface area contributed by atoms with Crippen LogP contribution in [0, 0.1) is 6.92 Å². The van der Waals surface area contributed by atoms with Crippen molar-refractivity contribution in [3.63, 3.8) is 0 Å². The molecule has 0 bridgehead atoms. The highest BCUT2D eigenvalue weighted by molar-refractivity contribution is 5.78. The number of ether oxygens (including phenoxy) is 1. The number of imidazole rings is 1. The van der Waals surface area contributed by atoms with E-state index < -0.39 is 0 Å². The molecular weight excluding hydrogens is 284 g/mol. The number of aromatic nitrogens is 2. The van der Waals surface area contributed by atoms with Crippen molar-refractivity contribution < 1.29 is 4.74 Å². The third kappa shape index (κ3) is 2.40. The van der Waals surface area contributed by atoms with E-state index in [0.717, 1.165) is 17.8 Å². The Bertz CT molecular complexity index is 879. The van der Waals surface area contributed by atoms with Gasteiger partial charge in [-0.3, -0.25) is 0 Å². The number of rotatable bonds is 3. The zero-order valence-corrected chi connectivity index (χ0v) is 14.0. The second-order valence-electron chi connectivity index (χ2n) is 6.66. The number of hydrogen-bond acceptors (Lipinski definition) is 2. The quantitative estimate of drug-likeness (QED) is 0.715. The van der Waals surface area contributed by atoms with Crippen LogP contribution in [0.15, 0.2) is 36.7 Å². The molecule has 118 valence electrons. The summed E-state index contributed by atoms with van der Waals surface area (Å²) < 4.78 is 7.60. The molecule has 0 unspecified atom stereocenters. The van der Waals surface area contributed by atoms with E-state index in [0.29, 0.717) is 5.92 Å². The van der Waals surface area contributed by atoms with Gasteiger partial charge < -0.3 is 9.30 Å². The Morgan fingerprint density at radius 3 is 2.91 bits per heavy atom. The summed E-state index contributed by atoms with van der Waals surface area (Å²) in [6.07, 6.45) is 4.42. The molecule has 1 aliphatic rings. The third-order valence-corrected chi connectivity index (χ3v) is 5.07. The van der Waals surface area contributed by atoms with E-state index in [1.165, 1.54) is 40.6 Å². The van der Waals surface area contributed by atoms with Crippen molar-refractivity contribution in [2.75, 3.05) is 7.11 Å². The molecule has 2 aromatic carbocycles. The highest BCUT2D eigenvalue weighted by Gasteiger charge is 2.20. The lowest BCUT2D eigenvalue weighted by molar-refractivity contribution is 0.411. The molecule has 0 amide bonds. The highest BCUT2D eigenvalue weighted by Crippen LogP contribution is 2.35. The molecule has 3 nitrogen and oxygen atoms in total. The van der Waals surface area contributed by atoms with Crippen LogP contribution in [-0.2, 0) is 13.0 Å². The summed E-state index contributed by atoms with van der Waals surface area (Å²) in [4.78, 5) is 4.61. The fourth-order valence-electron chi connectivity index (χ4n) is 3.73. The summed E-state index contributed by atoms with van der Waals surface area (Å²) in [6, 6.07) is 11.0. The van der Waals surface area contributed by atoms with Crippen LogP contribution in [0.4, 0.5) is 0 Å². The molecule has 0 spiro atoms. The van der Waals surface area contributed by atoms with E-state index in [-0.39, 0.29) is 0 Å². The molecule has 0 fully saturated rings. The van der Waals surface area contributed by atoms with E-state index in [2.05, 4.69) is 47.7 Å². The summed E-state index contributed by atoms with van der Waals surface area (Å²) in [5, 5.41) is 0. The van der Waals surface area contributed by atoms with Crippen LogP contribution in [-0.4, -0.2) is 16.7 Å². The summed E-state index contributed by atoms with van der Waals surface area (Å²) >= 11 is 0. The predicted molar refractivity (Wildman–Crippen MR) is 93.3 cm³/mol. The van der Waals surface area contributed by atoms with Gasteiger partial charge in [-0.25, -0.2) is 4.98 Å². The molecule has 3 aromatic rings. The van der Waals surface area contributed by atoms with E-state index >= 15 is 0 Å². The zero-order chi connectivity index (χ0) is 16.0. The van der Waals surface area contributed by atoms with Crippen LogP contribution in [0.2, 0.25) is 0 Å². The average Bonchev–Trinajstić information content (AvgIpc) is 3.10. The lowest BCUT2D eigenvalue weighted by Crippen LogP contribution is -2.00. The van der Waals surface area contributed by atoms with Gasteiger partial charge in [-0.15, -0.1) is 0 Å². The number of benzene rings is 2. The van der Waals surface area contributed by atoms with Crippen molar-refractivity contribution in [3.8, 4) is 5.75 Å². The summed E-state index contributed by atoms with van der Waals surface area (Å²) in [5.74, 6) is 1.61. The van der Waals surface area contributed by atoms with E-state index in [1.54, 1.807) is 7.11 Å². The van der Waals surface area contributed by atoms with Crippen molar-refractivity contribution >= 4 is 11.0 Å². The fraction of sp³-hybridized carbons (Fsp3) is 0.350. The molecule has 23 heavy (non-hydrogen) atoms. The van der Waals surface area contributed by atoms with Gasteiger partial charge in [0.05, 0.1) is 24.5 Å². The first-order valence-corrected chi connectivity index (χ1v) is 8.27. The third-order valence-electron chi connectivity index (χ3n) is 5.07. The second kappa shape index (κ2) is 5.41. The van der Waals surface area contributed by atoms with Gasteiger partial charge in [0.15, 0.2) is 0 Å². The Hall–Kier alpha value is -2.29. The van der Waals surface area contributed by atoms with Crippen LogP contribution < -0.4 is 4.74 Å². The SMILES string of the molecule is COc1ccc(Cn2cnc3cc4c(cc32)[C@@H](C)CC4)cc1C. The Kier molecular flexibility index (Phi) is 3.37. The number of methoxy groups -OCH3 is 1. The normalized spacial score (nSPS) is 16.7. The van der Waals surface area contributed by atoms with Gasteiger partial charge in [0.25, 0.3) is 0 Å². The fourth-order valence-corrected chi connectivity index (χ4v) is 3.73. The maximum atomic E-state index is 5.35. The number of aryl methyl sites for hydroxylation is 2. The molecule has 0 radical (unpaired) electrons. The van der Waals surface area contributed by atoms with Gasteiger partial charge in [0, 0.05) is 6.54 Å². The Morgan fingerprint density at radius 1 is 1.26 bits per heavy atom. The number of fused-ring (bicyclic) bond motifs is 2. The van der Waals surface area contributed by atoms with Crippen molar-refractivity contribution in [2.45, 2.75) is 39.2 Å². The standard InChI is InChI=1S/C20H22N2O/c1-13-4-6-16-9-18-19(10-17(13)16)22(12-21-18)11-15-5-7-20(23-3)14(2)8-15/h5,7-10,12-13H,4,6,11H2,1-3H3/t13-/m0/s1. The first kappa shape index (κ1) is 14.3. The number of hydrogen-bond donors (Lipinski definition) is 0. The van der Waals surface area contributed by atoms with Crippen LogP contribution in [0.25, 0.3) is 11.0 Å². The maximum absolute atomic E-state index is 5.35. The molecule has 1 aromatic heterocycles. The molecule has 1 atom stereocenters. The Labute approximate surface area is 136 Å². The molecular formula is C20H22N2O. The van der Waals surface area contributed by atoms with Gasteiger partial charge in [0.1, 0.15) is 5.75 Å². The predicted octanol–water partition coefficient (Wildman–Crippen LogP) is 4.45. The van der Waals surface area contributed by atoms with E-state index in [9.17, 15) is 0 Å². The lowest BCUT2D eigenvalue weighted by atomic mass is 10.0. The lowest BCUT2D eigenvalue weighted by Gasteiger charge is -2.10. The largest absolute Gasteiger partial charge is 0.496 e. The molecule has 0 saturated heterocycles. The van der Waals surface area contributed by atoms with Crippen molar-refractivity contribution in [1.29, 1.82) is 0 Å². The molecule has 1 heterocycles. The summed E-state index contributed by atoms with van der Waals surface area (Å²) in [6.45, 7) is 5.25. The van der Waals surface area contributed by atoms with Crippen LogP contribution >= 0.6 is 0 Å². The molecule has 0 saturated carbocycles. The summed E-state index contributed by atoms with van der Waals surface area (Å²) in [7, 11) is 1.72. The zero-order valence-electron chi connectivity index (χ0n) is 14.0. The minimum Gasteiger partial charge on any atom is -0.496 e. The van der Waals surface area contributed by atoms with Crippen molar-refractivity contribution in [2.24, 2.45) is 0 Å². The molecule has 0 N–H and O–H groups in total. The smallest absolute Gasteiger partial charge is 0.121 e. The van der Waals surface area contributed by atoms with E-state index in [1.807, 2.05) is 12.4 Å². The van der Waals surface area contributed by atoms with Crippen molar-refractivity contribution in [3.05, 3.63) is 58.9 Å². The van der Waals surface area contributed by atoms with Crippen LogP contribution in [0.1, 0.15) is 41.5 Å². The van der Waals surface area contributed by atoms with Gasteiger partial charge in [-0.1, -0.05) is 19.1 Å². The van der Waals surface area contributed by atoms with Gasteiger partial charge in [-0.2, -0.15) is 0 Å². The first-order chi connectivity index (χ1) is 11.2. The van der Waals surface area contributed by atoms with Gasteiger partial charge in [-0.05, 0) is 66.1 Å². The maximum Gasteiger partial charge on any atom is 0.121 e. The van der Waals surface area contributed by atoms with Crippen LogP contribution in [0.3, 0.4) is 0 Å². The minimum atomic E-state index is 0.668. The Morgan fingerprint density at radius 2 is 2.13 bits per heavy atom. The molecule has 4 rings (SSSR count). The van der Waals surface area contributed by atoms with E-state index in [4.69, 9.17) is 4.74 Å². The second-order valence-corrected chi connectivity index (χ2v) is 6.66. The van der Waals surface area contributed by atoms with Gasteiger partial charge >= 0.3 is 0 Å². The first-order valence-electron chi connectivity index (χ1n) is 8.27. The minimum absolute atomic E-state index is 0.668. The van der Waals surface area contributed by atoms with Gasteiger partial charge in [0.2, 0.25) is 0 Å². The monoisotopic (exact) mass is 306 g/mol. The summed E-state index contributed by atoms with van der Waals surface area (Å²) in [5.41, 5.74) is 7.79. The molecule has 1 aliphatic carbocycles. The Balaban J connectivity index is 1.72. The van der Waals surface area contributed by atoms with Crippen LogP contribution in [0.5, 0.6) is 5.75 Å². The molecule has 3 heteroatoms. The molecule has 0 aliphatic heterocycles. The average molecular weight is 306 g/mol. The highest BCUT2D eigenvalue weighted by atomic mass is 16.5. The topological polar surface area (TPSA) is 27.1 Å². The number of nitrogens with zero attached hydrogens (tertiary/aromatic N) is 2.